The maximum atomic E-state index is 6.28. The van der Waals surface area contributed by atoms with Crippen molar-refractivity contribution in [2.45, 2.75) is 124 Å². The number of rotatable bonds is 21. The van der Waals surface area contributed by atoms with Crippen molar-refractivity contribution >= 4 is 17.1 Å². The number of aryl methyl sites for hydroxylation is 13. The van der Waals surface area contributed by atoms with Crippen LogP contribution in [0.15, 0.2) is 323 Å². The molecule has 20 rings (SSSR count). The van der Waals surface area contributed by atoms with Crippen LogP contribution in [0.2, 0.25) is 0 Å². The van der Waals surface area contributed by atoms with Crippen LogP contribution in [-0.2, 0) is 63.2 Å². The van der Waals surface area contributed by atoms with Crippen LogP contribution in [0.4, 0.5) is 17.1 Å². The Hall–Kier alpha value is -14.2. The number of benzene rings is 14. The molecule has 0 saturated carbocycles. The molecule has 20 aromatic rings. The van der Waals surface area contributed by atoms with E-state index in [0.717, 1.165) is 142 Å². The normalized spacial score (nSPS) is 11.0. The van der Waals surface area contributed by atoms with Crippen molar-refractivity contribution in [3.05, 3.63) is 449 Å². The molecule has 0 saturated heterocycles. The van der Waals surface area contributed by atoms with Gasteiger partial charge in [0.1, 0.15) is 0 Å². The van der Waals surface area contributed by atoms with E-state index in [1.165, 1.54) is 78.0 Å². The zero-order valence-electron chi connectivity index (χ0n) is 80.3. The summed E-state index contributed by atoms with van der Waals surface area (Å²) in [4.78, 5) is 31.2. The van der Waals surface area contributed by atoms with Gasteiger partial charge in [0.05, 0.1) is 53.0 Å². The number of nitrogens with zero attached hydrogens (tertiary/aromatic N) is 13. The fraction of sp³-hybridized carbons (Fsp3) is 0.150. The molecule has 692 valence electrons. The number of aromatic nitrogens is 12. The quantitative estimate of drug-likeness (QED) is 0.0646. The van der Waals surface area contributed by atoms with Crippen molar-refractivity contribution < 1.29 is 72.7 Å². The summed E-state index contributed by atoms with van der Waals surface area (Å²) >= 11 is 0. The second-order valence-corrected chi connectivity index (χ2v) is 35.0. The zero-order chi connectivity index (χ0) is 93.8. The molecule has 0 aliphatic carbocycles. The van der Waals surface area contributed by atoms with Crippen LogP contribution in [-0.4, -0.2) is 57.3 Å². The minimum absolute atomic E-state index is 0. The average Bonchev–Trinajstić information content (AvgIpc) is 1.25. The number of anilines is 3. The summed E-state index contributed by atoms with van der Waals surface area (Å²) in [6.45, 7) is 36.3. The van der Waals surface area contributed by atoms with E-state index in [2.05, 4.69) is 389 Å². The van der Waals surface area contributed by atoms with Gasteiger partial charge in [-0.25, -0.2) is 0 Å². The van der Waals surface area contributed by atoms with Crippen molar-refractivity contribution in [2.75, 3.05) is 4.90 Å². The van der Waals surface area contributed by atoms with Crippen LogP contribution in [0.25, 0.3) is 113 Å². The number of imidazole rings is 6. The Balaban J connectivity index is 0.000000157. The zero-order valence-corrected chi connectivity index (χ0v) is 87.1. The van der Waals surface area contributed by atoms with Crippen LogP contribution < -0.4 is 14.4 Å². The average molecular weight is 2350 g/mol. The van der Waals surface area contributed by atoms with E-state index in [4.69, 9.17) is 24.4 Å². The number of hydrogen-bond acceptors (Lipinski definition) is 9. The van der Waals surface area contributed by atoms with Crippen LogP contribution >= 0.6 is 0 Å². The van der Waals surface area contributed by atoms with Crippen molar-refractivity contribution in [3.63, 3.8) is 0 Å². The van der Waals surface area contributed by atoms with E-state index < -0.39 is 0 Å². The third-order valence-corrected chi connectivity index (χ3v) is 24.5. The third-order valence-electron chi connectivity index (χ3n) is 24.5. The molecule has 0 unspecified atom stereocenters. The minimum atomic E-state index is 0. The molecule has 0 fully saturated rings. The van der Waals surface area contributed by atoms with E-state index in [1.54, 1.807) is 0 Å². The molecule has 0 spiro atoms. The molecule has 18 heteroatoms. The van der Waals surface area contributed by atoms with Gasteiger partial charge in [0.15, 0.2) is 0 Å². The number of hydrogen-bond donors (Lipinski definition) is 0. The first-order valence-electron chi connectivity index (χ1n) is 45.6. The Labute approximate surface area is 853 Å². The first kappa shape index (κ1) is 98.3. The maximum Gasteiger partial charge on any atom is 2.00 e. The number of para-hydroxylation sites is 4. The van der Waals surface area contributed by atoms with Crippen molar-refractivity contribution in [1.82, 2.24) is 57.3 Å². The Morgan fingerprint density at radius 2 is 0.754 bits per heavy atom. The van der Waals surface area contributed by atoms with E-state index in [1.807, 2.05) is 135 Å². The summed E-state index contributed by atoms with van der Waals surface area (Å²) in [5, 5.41) is 0. The second-order valence-electron chi connectivity index (χ2n) is 35.0. The molecule has 6 aromatic heterocycles. The predicted octanol–water partition coefficient (Wildman–Crippen LogP) is 29.4. The van der Waals surface area contributed by atoms with Gasteiger partial charge in [0.25, 0.3) is 0 Å². The molecule has 14 aromatic carbocycles. The first-order valence-corrected chi connectivity index (χ1v) is 45.6. The van der Waals surface area contributed by atoms with E-state index in [9.17, 15) is 0 Å². The molecule has 6 heterocycles. The Morgan fingerprint density at radius 1 is 0.319 bits per heavy atom. The Morgan fingerprint density at radius 3 is 1.28 bits per heavy atom. The summed E-state index contributed by atoms with van der Waals surface area (Å²) in [6.07, 6.45) is 15.5. The Bertz CT molecular complexity index is 7670. The van der Waals surface area contributed by atoms with Crippen LogP contribution in [0.3, 0.4) is 0 Å². The maximum absolute atomic E-state index is 6.28. The van der Waals surface area contributed by atoms with Gasteiger partial charge < -0.3 is 41.8 Å². The van der Waals surface area contributed by atoms with Gasteiger partial charge in [-0.3, -0.25) is 29.9 Å². The topological polar surface area (TPSA) is 129 Å². The van der Waals surface area contributed by atoms with Crippen molar-refractivity contribution in [1.29, 1.82) is 0 Å². The van der Waals surface area contributed by atoms with Gasteiger partial charge in [-0.2, -0.15) is 0 Å². The van der Waals surface area contributed by atoms with E-state index >= 15 is 0 Å². The fourth-order valence-electron chi connectivity index (χ4n) is 18.8. The van der Waals surface area contributed by atoms with Gasteiger partial charge in [-0.05, 0) is 213 Å². The van der Waals surface area contributed by atoms with Gasteiger partial charge in [-0.1, -0.05) is 194 Å². The van der Waals surface area contributed by atoms with Crippen LogP contribution in [0, 0.1) is 140 Å². The molecule has 0 radical (unpaired) electrons. The summed E-state index contributed by atoms with van der Waals surface area (Å²) in [6, 6.07) is 115. The van der Waals surface area contributed by atoms with E-state index in [-0.39, 0.29) is 63.2 Å². The Kier molecular flexibility index (Phi) is 30.6. The molecule has 15 nitrogen and oxygen atoms in total. The molecular formula is C120H105N13O2Pt3. The predicted molar refractivity (Wildman–Crippen MR) is 546 cm³/mol. The molecule has 0 aliphatic heterocycles. The van der Waals surface area contributed by atoms with Crippen LogP contribution in [0.1, 0.15) is 110 Å². The van der Waals surface area contributed by atoms with Crippen molar-refractivity contribution in [3.8, 4) is 136 Å². The third kappa shape index (κ3) is 20.9. The smallest absolute Gasteiger partial charge is 0.497 e. The fourth-order valence-corrected chi connectivity index (χ4v) is 18.8. The second kappa shape index (κ2) is 43.0. The largest absolute Gasteiger partial charge is 2.00 e. The monoisotopic (exact) mass is 2340 g/mol. The molecule has 0 atom stereocenters. The molecule has 0 N–H and O–H groups in total. The number of ether oxygens (including phenoxy) is 2. The SMILES string of the molecule is Cc1cc(C)c(-n2c(C)nc(-c3[c-]c(N(c4[c-]c(-c5ncn(-c6ccccc6-c6ccccc6)c5C)ccc4)c4ccccc4)ccc3)c2C)c(C)c1.Cc1cc(C)c(-n2ccnc2-c2[c-]c(Oc3[c-]c(-c4cn(-c5c(C)cccc5C)cn4)ccc3)ccc2)c(C)c1.Cc1cc(C)c(-n2ccnc2-c2[c-]c(Oc3[c-]c(-c4cn(-c5ccccc5C(C)C)c(C)n4)ccc3)ccc2)c(C)c1.[Pt+2].[Pt+2].[Pt+2]. The standard InChI is InChI=1S/C48H41N5.C37H34N4O.C35H30N4O.3Pt/c1-32-27-33(2)48(34(3)28-32)52-36(5)47(50-37(52)6)40-20-16-24-43(30-40)53(41-21-11-8-12-22-41)42-23-15-19-39(29-42)46-35(4)51(31-49-46)45-26-14-13-25-44(45)38-17-9-7-10-18-38;1-24(2)33-15-7-8-16-35(33)41-23-34(39-28(41)6)29-11-9-13-31(21-29)42-32-14-10-12-30(22-32)37-38-17-18-40(37)36-26(4)19-25(3)20-27(36)5;1-23-17-26(4)34(27(5)18-23)39-16-15-36-35(39)29-12-8-14-31(20-29)40-30-13-7-11-28(19-30)32-21-38(22-37-32)33-24(2)9-6-10-25(33)3;;;/h7-28,31H,1-6H3;7-20,23-24H,1-6H3;6-18,21-22H,1-5H3;;;/q3*-2;3*+2. The van der Waals surface area contributed by atoms with Gasteiger partial charge in [0.2, 0.25) is 0 Å². The molecule has 0 bridgehead atoms. The molecule has 138 heavy (non-hydrogen) atoms. The minimum Gasteiger partial charge on any atom is -0.497 e. The summed E-state index contributed by atoms with van der Waals surface area (Å²) in [7, 11) is 0. The van der Waals surface area contributed by atoms with Crippen LogP contribution in [0.5, 0.6) is 23.0 Å². The van der Waals surface area contributed by atoms with E-state index in [0.29, 0.717) is 28.9 Å². The summed E-state index contributed by atoms with van der Waals surface area (Å²) < 4.78 is 25.4. The van der Waals surface area contributed by atoms with Crippen molar-refractivity contribution in [2.24, 2.45) is 0 Å². The van der Waals surface area contributed by atoms with Gasteiger partial charge in [0, 0.05) is 110 Å². The molecule has 0 amide bonds. The van der Waals surface area contributed by atoms with Gasteiger partial charge in [-0.15, -0.1) is 155 Å². The summed E-state index contributed by atoms with van der Waals surface area (Å²) in [5.74, 6) is 6.31. The summed E-state index contributed by atoms with van der Waals surface area (Å²) in [5.41, 5.74) is 37.6. The van der Waals surface area contributed by atoms with Gasteiger partial charge >= 0.3 is 63.2 Å². The molecule has 0 aliphatic rings. The first-order chi connectivity index (χ1) is 65.4. The molecular weight excluding hydrogens is 2240 g/mol.